The van der Waals surface area contributed by atoms with Crippen LogP contribution in [0.2, 0.25) is 0 Å². The van der Waals surface area contributed by atoms with Crippen LogP contribution < -0.4 is 0 Å². The number of ketones is 1. The van der Waals surface area contributed by atoms with Gasteiger partial charge in [-0.15, -0.1) is 11.3 Å². The Labute approximate surface area is 89.1 Å². The van der Waals surface area contributed by atoms with E-state index >= 15 is 0 Å². The van der Waals surface area contributed by atoms with E-state index in [1.807, 2.05) is 11.4 Å². The number of thiophene rings is 1. The fraction of sp³-hybridized carbons (Fsp3) is 0.583. The van der Waals surface area contributed by atoms with Crippen LogP contribution in [0.3, 0.4) is 0 Å². The average Bonchev–Trinajstić information content (AvgIpc) is 2.73. The third-order valence-electron chi connectivity index (χ3n) is 3.21. The highest BCUT2D eigenvalue weighted by atomic mass is 32.1. The molecule has 1 aliphatic carbocycles. The van der Waals surface area contributed by atoms with E-state index in [-0.39, 0.29) is 0 Å². The normalized spacial score (nSPS) is 26.7. The van der Waals surface area contributed by atoms with Crippen LogP contribution in [0, 0.1) is 18.8 Å². The molecule has 1 nitrogen and oxygen atoms in total. The minimum Gasteiger partial charge on any atom is -0.294 e. The summed E-state index contributed by atoms with van der Waals surface area (Å²) in [5.74, 6) is 1.26. The van der Waals surface area contributed by atoms with Crippen molar-refractivity contribution in [2.24, 2.45) is 11.8 Å². The van der Waals surface area contributed by atoms with E-state index in [1.54, 1.807) is 11.3 Å². The van der Waals surface area contributed by atoms with Crippen molar-refractivity contribution in [2.75, 3.05) is 0 Å². The lowest BCUT2D eigenvalue weighted by molar-refractivity contribution is 0.0897. The Morgan fingerprint density at radius 3 is 2.79 bits per heavy atom. The molecule has 0 amide bonds. The average molecular weight is 208 g/mol. The van der Waals surface area contributed by atoms with Crippen molar-refractivity contribution in [3.63, 3.8) is 0 Å². The molecule has 1 saturated carbocycles. The van der Waals surface area contributed by atoms with Crippen LogP contribution >= 0.6 is 11.3 Å². The first kappa shape index (κ1) is 9.91. The van der Waals surface area contributed by atoms with Gasteiger partial charge in [0.15, 0.2) is 5.78 Å². The molecule has 0 N–H and O–H groups in total. The third-order valence-corrected chi connectivity index (χ3v) is 4.07. The lowest BCUT2D eigenvalue weighted by Gasteiger charge is -2.12. The zero-order chi connectivity index (χ0) is 10.1. The standard InChI is InChI=1S/C12H16OS/c1-8-4-3-5-11(8)12(13)10-6-9(2)14-7-10/h6-8,11H,3-5H2,1-2H3. The first-order valence-electron chi connectivity index (χ1n) is 5.28. The van der Waals surface area contributed by atoms with Crippen LogP contribution in [0.5, 0.6) is 0 Å². The van der Waals surface area contributed by atoms with Gasteiger partial charge in [0.25, 0.3) is 0 Å². The number of carbonyl (C=O) groups excluding carboxylic acids is 1. The molecule has 14 heavy (non-hydrogen) atoms. The van der Waals surface area contributed by atoms with Crippen molar-refractivity contribution in [1.29, 1.82) is 0 Å². The maximum Gasteiger partial charge on any atom is 0.167 e. The van der Waals surface area contributed by atoms with Crippen molar-refractivity contribution >= 4 is 17.1 Å². The quantitative estimate of drug-likeness (QED) is 0.678. The van der Waals surface area contributed by atoms with Crippen LogP contribution in [0.1, 0.15) is 41.4 Å². The lowest BCUT2D eigenvalue weighted by atomic mass is 9.91. The highest BCUT2D eigenvalue weighted by Crippen LogP contribution is 2.34. The molecule has 1 heterocycles. The Hall–Kier alpha value is -0.630. The molecular formula is C12H16OS. The van der Waals surface area contributed by atoms with Crippen molar-refractivity contribution in [3.05, 3.63) is 21.9 Å². The van der Waals surface area contributed by atoms with E-state index in [0.717, 1.165) is 12.0 Å². The molecule has 76 valence electrons. The van der Waals surface area contributed by atoms with E-state index in [2.05, 4.69) is 13.8 Å². The van der Waals surface area contributed by atoms with Crippen molar-refractivity contribution < 1.29 is 4.79 Å². The summed E-state index contributed by atoms with van der Waals surface area (Å²) in [7, 11) is 0. The van der Waals surface area contributed by atoms with Crippen LogP contribution in [0.15, 0.2) is 11.4 Å². The molecule has 1 aromatic heterocycles. The Kier molecular flexibility index (Phi) is 2.73. The summed E-state index contributed by atoms with van der Waals surface area (Å²) in [6.07, 6.45) is 3.54. The summed E-state index contributed by atoms with van der Waals surface area (Å²) in [6.45, 7) is 4.26. The molecule has 0 radical (unpaired) electrons. The van der Waals surface area contributed by atoms with Crippen molar-refractivity contribution in [1.82, 2.24) is 0 Å². The van der Waals surface area contributed by atoms with E-state index in [4.69, 9.17) is 0 Å². The van der Waals surface area contributed by atoms with Gasteiger partial charge in [0.2, 0.25) is 0 Å². The Balaban J connectivity index is 2.15. The van der Waals surface area contributed by atoms with E-state index in [1.165, 1.54) is 17.7 Å². The second-order valence-corrected chi connectivity index (χ2v) is 5.44. The fourth-order valence-electron chi connectivity index (χ4n) is 2.32. The predicted octanol–water partition coefficient (Wildman–Crippen LogP) is 3.68. The second-order valence-electron chi connectivity index (χ2n) is 4.32. The highest BCUT2D eigenvalue weighted by molar-refractivity contribution is 7.10. The SMILES string of the molecule is Cc1cc(C(=O)C2CCCC2C)cs1. The van der Waals surface area contributed by atoms with E-state index in [9.17, 15) is 4.79 Å². The Morgan fingerprint density at radius 1 is 1.50 bits per heavy atom. The molecule has 2 atom stereocenters. The molecule has 0 bridgehead atoms. The summed E-state index contributed by atoms with van der Waals surface area (Å²) in [6, 6.07) is 2.03. The molecule has 2 unspecified atom stereocenters. The Morgan fingerprint density at radius 2 is 2.29 bits per heavy atom. The van der Waals surface area contributed by atoms with Crippen LogP contribution in [0.4, 0.5) is 0 Å². The van der Waals surface area contributed by atoms with Gasteiger partial charge in [0, 0.05) is 21.7 Å². The topological polar surface area (TPSA) is 17.1 Å². The maximum absolute atomic E-state index is 12.1. The van der Waals surface area contributed by atoms with Crippen LogP contribution in [-0.2, 0) is 0 Å². The first-order chi connectivity index (χ1) is 6.68. The third kappa shape index (κ3) is 1.76. The lowest BCUT2D eigenvalue weighted by Crippen LogP contribution is -2.16. The van der Waals surface area contributed by atoms with Gasteiger partial charge >= 0.3 is 0 Å². The van der Waals surface area contributed by atoms with Gasteiger partial charge in [0.05, 0.1) is 0 Å². The largest absolute Gasteiger partial charge is 0.294 e. The van der Waals surface area contributed by atoms with Gasteiger partial charge in [-0.05, 0) is 31.7 Å². The second kappa shape index (κ2) is 3.85. The number of hydrogen-bond acceptors (Lipinski definition) is 2. The summed E-state index contributed by atoms with van der Waals surface area (Å²) in [4.78, 5) is 13.3. The molecule has 1 aromatic rings. The molecule has 0 aromatic carbocycles. The molecule has 0 aliphatic heterocycles. The molecule has 2 rings (SSSR count). The minimum absolute atomic E-state index is 0.295. The molecule has 0 saturated heterocycles. The van der Waals surface area contributed by atoms with Gasteiger partial charge in [-0.3, -0.25) is 4.79 Å². The van der Waals surface area contributed by atoms with Gasteiger partial charge in [-0.25, -0.2) is 0 Å². The van der Waals surface area contributed by atoms with Gasteiger partial charge < -0.3 is 0 Å². The van der Waals surface area contributed by atoms with E-state index < -0.39 is 0 Å². The van der Waals surface area contributed by atoms with Gasteiger partial charge in [-0.1, -0.05) is 13.3 Å². The van der Waals surface area contributed by atoms with Crippen molar-refractivity contribution in [3.8, 4) is 0 Å². The zero-order valence-electron chi connectivity index (χ0n) is 8.75. The molecule has 0 spiro atoms. The van der Waals surface area contributed by atoms with Crippen LogP contribution in [-0.4, -0.2) is 5.78 Å². The van der Waals surface area contributed by atoms with Gasteiger partial charge in [0.1, 0.15) is 0 Å². The number of rotatable bonds is 2. The summed E-state index contributed by atoms with van der Waals surface area (Å²) < 4.78 is 0. The fourth-order valence-corrected chi connectivity index (χ4v) is 3.01. The number of hydrogen-bond donors (Lipinski definition) is 0. The van der Waals surface area contributed by atoms with Crippen LogP contribution in [0.25, 0.3) is 0 Å². The smallest absolute Gasteiger partial charge is 0.167 e. The number of carbonyl (C=O) groups is 1. The minimum atomic E-state index is 0.295. The molecule has 1 fully saturated rings. The van der Waals surface area contributed by atoms with Crippen molar-refractivity contribution in [2.45, 2.75) is 33.1 Å². The first-order valence-corrected chi connectivity index (χ1v) is 6.16. The number of aryl methyl sites for hydroxylation is 1. The Bertz CT molecular complexity index is 340. The molecule has 1 aliphatic rings. The molecule has 2 heteroatoms. The monoisotopic (exact) mass is 208 g/mol. The maximum atomic E-state index is 12.1. The zero-order valence-corrected chi connectivity index (χ0v) is 9.56. The van der Waals surface area contributed by atoms with E-state index in [0.29, 0.717) is 17.6 Å². The molecular weight excluding hydrogens is 192 g/mol. The highest BCUT2D eigenvalue weighted by Gasteiger charge is 2.30. The number of Topliss-reactive ketones (excluding diaryl/α,β-unsaturated/α-hetero) is 1. The van der Waals surface area contributed by atoms with Gasteiger partial charge in [-0.2, -0.15) is 0 Å². The summed E-state index contributed by atoms with van der Waals surface area (Å²) >= 11 is 1.67. The summed E-state index contributed by atoms with van der Waals surface area (Å²) in [5, 5.41) is 2.00. The predicted molar refractivity (Wildman–Crippen MR) is 59.9 cm³/mol. The summed E-state index contributed by atoms with van der Waals surface area (Å²) in [5.41, 5.74) is 0.936.